The summed E-state index contributed by atoms with van der Waals surface area (Å²) >= 11 is 0. The van der Waals surface area contributed by atoms with Crippen LogP contribution < -0.4 is 10.6 Å². The number of morpholine rings is 1. The number of aromatic nitrogens is 3. The SMILES string of the molecule is CNc1cncc(-c2cc3c(NC4CCC(N5CCOCC5)CC4)ncnc3cc2F)c1. The van der Waals surface area contributed by atoms with Gasteiger partial charge >= 0.3 is 0 Å². The number of halogens is 1. The van der Waals surface area contributed by atoms with Gasteiger partial charge in [-0.15, -0.1) is 0 Å². The third kappa shape index (κ3) is 4.38. The van der Waals surface area contributed by atoms with Crippen molar-refractivity contribution >= 4 is 22.4 Å². The molecule has 8 heteroatoms. The van der Waals surface area contributed by atoms with Crippen molar-refractivity contribution in [2.45, 2.75) is 37.8 Å². The van der Waals surface area contributed by atoms with Crippen molar-refractivity contribution in [3.63, 3.8) is 0 Å². The summed E-state index contributed by atoms with van der Waals surface area (Å²) in [4.78, 5) is 15.6. The van der Waals surface area contributed by atoms with Crippen LogP contribution in [0.25, 0.3) is 22.0 Å². The van der Waals surface area contributed by atoms with Crippen molar-refractivity contribution in [1.82, 2.24) is 19.9 Å². The molecule has 0 radical (unpaired) electrons. The lowest BCUT2D eigenvalue weighted by molar-refractivity contribution is 0.00791. The summed E-state index contributed by atoms with van der Waals surface area (Å²) < 4.78 is 20.4. The summed E-state index contributed by atoms with van der Waals surface area (Å²) in [5.74, 6) is 0.451. The van der Waals surface area contributed by atoms with E-state index in [9.17, 15) is 4.39 Å². The van der Waals surface area contributed by atoms with Gasteiger partial charge in [-0.1, -0.05) is 0 Å². The Morgan fingerprint density at radius 1 is 1.03 bits per heavy atom. The first-order chi connectivity index (χ1) is 15.7. The Balaban J connectivity index is 1.36. The van der Waals surface area contributed by atoms with Crippen LogP contribution in [-0.2, 0) is 4.74 Å². The third-order valence-electron chi connectivity index (χ3n) is 6.66. The summed E-state index contributed by atoms with van der Waals surface area (Å²) in [5, 5.41) is 7.51. The summed E-state index contributed by atoms with van der Waals surface area (Å²) in [6.07, 6.45) is 9.42. The largest absolute Gasteiger partial charge is 0.387 e. The molecule has 0 unspecified atom stereocenters. The van der Waals surface area contributed by atoms with E-state index < -0.39 is 0 Å². The zero-order valence-electron chi connectivity index (χ0n) is 18.4. The number of benzene rings is 1. The molecule has 168 valence electrons. The molecule has 0 spiro atoms. The highest BCUT2D eigenvalue weighted by Gasteiger charge is 2.27. The molecule has 2 N–H and O–H groups in total. The second-order valence-electron chi connectivity index (χ2n) is 8.58. The molecule has 1 aromatic carbocycles. The molecule has 0 amide bonds. The second-order valence-corrected chi connectivity index (χ2v) is 8.58. The van der Waals surface area contributed by atoms with Crippen LogP contribution in [0.2, 0.25) is 0 Å². The molecule has 2 aromatic heterocycles. The molecular weight excluding hydrogens is 407 g/mol. The lowest BCUT2D eigenvalue weighted by Gasteiger charge is -2.39. The van der Waals surface area contributed by atoms with Gasteiger partial charge in [0.25, 0.3) is 0 Å². The van der Waals surface area contributed by atoms with Crippen LogP contribution in [0.15, 0.2) is 36.9 Å². The molecular formula is C24H29FN6O. The Hall–Kier alpha value is -2.84. The third-order valence-corrected chi connectivity index (χ3v) is 6.66. The van der Waals surface area contributed by atoms with E-state index in [2.05, 4.69) is 30.5 Å². The minimum Gasteiger partial charge on any atom is -0.387 e. The van der Waals surface area contributed by atoms with Crippen molar-refractivity contribution in [3.8, 4) is 11.1 Å². The smallest absolute Gasteiger partial charge is 0.137 e. The standard InChI is InChI=1S/C24H29FN6O/c1-26-18-10-16(13-27-14-18)20-11-21-23(12-22(20)25)28-15-29-24(21)30-17-2-4-19(5-3-17)31-6-8-32-9-7-31/h10-15,17,19,26H,2-9H2,1H3,(H,28,29,30). The molecule has 3 heterocycles. The van der Waals surface area contributed by atoms with E-state index in [4.69, 9.17) is 4.74 Å². The molecule has 1 aliphatic heterocycles. The van der Waals surface area contributed by atoms with Gasteiger partial charge in [-0.25, -0.2) is 14.4 Å². The first kappa shape index (κ1) is 21.0. The predicted octanol–water partition coefficient (Wildman–Crippen LogP) is 3.93. The van der Waals surface area contributed by atoms with Gasteiger partial charge in [0.2, 0.25) is 0 Å². The molecule has 3 aromatic rings. The van der Waals surface area contributed by atoms with Gasteiger partial charge < -0.3 is 15.4 Å². The van der Waals surface area contributed by atoms with E-state index in [1.54, 1.807) is 12.4 Å². The highest BCUT2D eigenvalue weighted by atomic mass is 19.1. The van der Waals surface area contributed by atoms with E-state index in [0.29, 0.717) is 23.2 Å². The Labute approximate surface area is 187 Å². The maximum absolute atomic E-state index is 14.9. The van der Waals surface area contributed by atoms with Crippen molar-refractivity contribution in [2.75, 3.05) is 44.0 Å². The summed E-state index contributed by atoms with van der Waals surface area (Å²) in [6, 6.07) is 6.21. The highest BCUT2D eigenvalue weighted by molar-refractivity contribution is 5.93. The zero-order valence-corrected chi connectivity index (χ0v) is 18.4. The molecule has 2 aliphatic rings. The fourth-order valence-corrected chi connectivity index (χ4v) is 4.86. The molecule has 5 rings (SSSR count). The predicted molar refractivity (Wildman–Crippen MR) is 124 cm³/mol. The van der Waals surface area contributed by atoms with Crippen LogP contribution in [-0.4, -0.2) is 65.3 Å². The number of anilines is 2. The van der Waals surface area contributed by atoms with Crippen LogP contribution in [0.5, 0.6) is 0 Å². The minimum absolute atomic E-state index is 0.316. The van der Waals surface area contributed by atoms with Crippen LogP contribution in [0.3, 0.4) is 0 Å². The Bertz CT molecular complexity index is 1080. The lowest BCUT2D eigenvalue weighted by Crippen LogP contribution is -2.46. The zero-order chi connectivity index (χ0) is 21.9. The average Bonchev–Trinajstić information content (AvgIpc) is 2.85. The molecule has 0 bridgehead atoms. The normalized spacial score (nSPS) is 22.1. The van der Waals surface area contributed by atoms with Crippen molar-refractivity contribution in [3.05, 3.63) is 42.7 Å². The maximum Gasteiger partial charge on any atom is 0.137 e. The van der Waals surface area contributed by atoms with Crippen LogP contribution in [0.1, 0.15) is 25.7 Å². The van der Waals surface area contributed by atoms with Crippen LogP contribution in [0.4, 0.5) is 15.9 Å². The van der Waals surface area contributed by atoms with Gasteiger partial charge in [0.15, 0.2) is 0 Å². The molecule has 2 fully saturated rings. The molecule has 1 saturated heterocycles. The second kappa shape index (κ2) is 9.34. The number of rotatable bonds is 5. The highest BCUT2D eigenvalue weighted by Crippen LogP contribution is 2.32. The average molecular weight is 437 g/mol. The Morgan fingerprint density at radius 2 is 1.84 bits per heavy atom. The van der Waals surface area contributed by atoms with Crippen LogP contribution in [0, 0.1) is 5.82 Å². The van der Waals surface area contributed by atoms with Crippen molar-refractivity contribution in [1.29, 1.82) is 0 Å². The monoisotopic (exact) mass is 436 g/mol. The fraction of sp³-hybridized carbons (Fsp3) is 0.458. The van der Waals surface area contributed by atoms with E-state index in [-0.39, 0.29) is 5.82 Å². The van der Waals surface area contributed by atoms with Gasteiger partial charge in [0.05, 0.1) is 24.4 Å². The van der Waals surface area contributed by atoms with Gasteiger partial charge in [-0.3, -0.25) is 9.88 Å². The lowest BCUT2D eigenvalue weighted by atomic mass is 9.90. The summed E-state index contributed by atoms with van der Waals surface area (Å²) in [7, 11) is 1.82. The van der Waals surface area contributed by atoms with Crippen LogP contribution >= 0.6 is 0 Å². The van der Waals surface area contributed by atoms with Crippen molar-refractivity contribution < 1.29 is 9.13 Å². The minimum atomic E-state index is -0.316. The fourth-order valence-electron chi connectivity index (χ4n) is 4.86. The number of hydrogen-bond acceptors (Lipinski definition) is 7. The van der Waals surface area contributed by atoms with E-state index in [1.807, 2.05) is 19.2 Å². The summed E-state index contributed by atoms with van der Waals surface area (Å²) in [5.41, 5.74) is 2.65. The van der Waals surface area contributed by atoms with Gasteiger partial charge in [-0.05, 0) is 37.8 Å². The van der Waals surface area contributed by atoms with Gasteiger partial charge in [-0.2, -0.15) is 0 Å². The molecule has 7 nitrogen and oxygen atoms in total. The van der Waals surface area contributed by atoms with Gasteiger partial charge in [0.1, 0.15) is 18.0 Å². The maximum atomic E-state index is 14.9. The quantitative estimate of drug-likeness (QED) is 0.628. The Kier molecular flexibility index (Phi) is 6.14. The number of nitrogens with zero attached hydrogens (tertiary/aromatic N) is 4. The van der Waals surface area contributed by atoms with E-state index in [1.165, 1.54) is 25.2 Å². The molecule has 0 atom stereocenters. The first-order valence-electron chi connectivity index (χ1n) is 11.4. The van der Waals surface area contributed by atoms with Crippen molar-refractivity contribution in [2.24, 2.45) is 0 Å². The molecule has 1 saturated carbocycles. The van der Waals surface area contributed by atoms with E-state index >= 15 is 0 Å². The van der Waals surface area contributed by atoms with E-state index in [0.717, 1.165) is 61.6 Å². The Morgan fingerprint density at radius 3 is 2.62 bits per heavy atom. The topological polar surface area (TPSA) is 75.2 Å². The number of fused-ring (bicyclic) bond motifs is 1. The number of hydrogen-bond donors (Lipinski definition) is 2. The first-order valence-corrected chi connectivity index (χ1v) is 11.4. The molecule has 32 heavy (non-hydrogen) atoms. The number of ether oxygens (including phenoxy) is 1. The summed E-state index contributed by atoms with van der Waals surface area (Å²) in [6.45, 7) is 3.77. The van der Waals surface area contributed by atoms with Gasteiger partial charge in [0, 0.05) is 67.2 Å². The molecule has 1 aliphatic carbocycles. The number of nitrogens with one attached hydrogen (secondary N) is 2. The number of pyridine rings is 1.